The van der Waals surface area contributed by atoms with E-state index in [1.807, 2.05) is 0 Å². The van der Waals surface area contributed by atoms with Crippen LogP contribution in [0.25, 0.3) is 0 Å². The lowest BCUT2D eigenvalue weighted by Crippen LogP contribution is -2.47. The molecule has 0 aliphatic carbocycles. The van der Waals surface area contributed by atoms with Crippen LogP contribution in [0.2, 0.25) is 0 Å². The average Bonchev–Trinajstić information content (AvgIpc) is 2.79. The number of aryl methyl sites for hydroxylation is 1. The van der Waals surface area contributed by atoms with Crippen molar-refractivity contribution < 1.29 is 19.4 Å². The van der Waals surface area contributed by atoms with Crippen molar-refractivity contribution in [1.82, 2.24) is 9.88 Å². The molecule has 0 spiro atoms. The molecule has 1 saturated heterocycles. The molecule has 2 rings (SSSR count). The fourth-order valence-corrected chi connectivity index (χ4v) is 4.31. The number of ether oxygens (including phenoxy) is 1. The fourth-order valence-electron chi connectivity index (χ4n) is 2.26. The predicted octanol–water partition coefficient (Wildman–Crippen LogP) is 1.63. The monoisotopic (exact) mass is 330 g/mol. The molecule has 1 amide bonds. The van der Waals surface area contributed by atoms with Gasteiger partial charge < -0.3 is 14.7 Å². The zero-order valence-corrected chi connectivity index (χ0v) is 13.6. The van der Waals surface area contributed by atoms with E-state index in [9.17, 15) is 9.59 Å². The summed E-state index contributed by atoms with van der Waals surface area (Å²) in [6, 6.07) is -0.249. The first-order valence-electron chi connectivity index (χ1n) is 6.58. The molecule has 116 valence electrons. The van der Waals surface area contributed by atoms with E-state index in [2.05, 4.69) is 4.98 Å². The normalized spacial score (nSPS) is 18.8. The van der Waals surface area contributed by atoms with Crippen LogP contribution in [-0.4, -0.2) is 58.1 Å². The molecule has 2 heterocycles. The Hall–Kier alpha value is -1.12. The number of aromatic nitrogens is 1. The van der Waals surface area contributed by atoms with Crippen LogP contribution in [-0.2, 0) is 16.1 Å². The van der Waals surface area contributed by atoms with E-state index in [4.69, 9.17) is 9.84 Å². The summed E-state index contributed by atoms with van der Waals surface area (Å²) >= 11 is 3.01. The Morgan fingerprint density at radius 1 is 1.52 bits per heavy atom. The molecule has 6 nitrogen and oxygen atoms in total. The minimum Gasteiger partial charge on any atom is -0.481 e. The summed E-state index contributed by atoms with van der Waals surface area (Å²) in [4.78, 5) is 30.2. The summed E-state index contributed by atoms with van der Waals surface area (Å²) < 4.78 is 5.04. The zero-order chi connectivity index (χ0) is 15.4. The van der Waals surface area contributed by atoms with Crippen LogP contribution < -0.4 is 0 Å². The van der Waals surface area contributed by atoms with Gasteiger partial charge in [0, 0.05) is 25.2 Å². The number of aliphatic carboxylic acids is 1. The summed E-state index contributed by atoms with van der Waals surface area (Å²) in [5, 5.41) is 9.75. The second-order valence-corrected chi connectivity index (χ2v) is 7.01. The number of carbonyl (C=O) groups excluding carboxylic acids is 1. The molecule has 0 radical (unpaired) electrons. The highest BCUT2D eigenvalue weighted by atomic mass is 32.2. The number of carboxylic acid groups (broad SMARTS) is 1. The molecular formula is C13H18N2O4S2. The lowest BCUT2D eigenvalue weighted by atomic mass is 10.2. The van der Waals surface area contributed by atoms with E-state index in [1.165, 1.54) is 11.3 Å². The Morgan fingerprint density at radius 2 is 2.29 bits per heavy atom. The van der Waals surface area contributed by atoms with E-state index in [1.54, 1.807) is 30.7 Å². The minimum absolute atomic E-state index is 0.0124. The van der Waals surface area contributed by atoms with Gasteiger partial charge in [-0.2, -0.15) is 11.8 Å². The highest BCUT2D eigenvalue weighted by molar-refractivity contribution is 7.99. The second-order valence-electron chi connectivity index (χ2n) is 4.78. The van der Waals surface area contributed by atoms with E-state index >= 15 is 0 Å². The number of nitrogens with zero attached hydrogens (tertiary/aromatic N) is 2. The van der Waals surface area contributed by atoms with E-state index in [0.29, 0.717) is 29.5 Å². The van der Waals surface area contributed by atoms with Crippen molar-refractivity contribution in [3.63, 3.8) is 0 Å². The van der Waals surface area contributed by atoms with Gasteiger partial charge in [0.2, 0.25) is 0 Å². The fraction of sp³-hybridized carbons (Fsp3) is 0.615. The molecule has 1 unspecified atom stereocenters. The van der Waals surface area contributed by atoms with Gasteiger partial charge in [0.05, 0.1) is 24.8 Å². The molecule has 21 heavy (non-hydrogen) atoms. The van der Waals surface area contributed by atoms with Gasteiger partial charge in [0.25, 0.3) is 5.91 Å². The van der Waals surface area contributed by atoms with Crippen LogP contribution in [0.5, 0.6) is 0 Å². The Labute approximate surface area is 131 Å². The molecule has 1 aliphatic rings. The van der Waals surface area contributed by atoms with Crippen LogP contribution in [0.4, 0.5) is 0 Å². The first-order valence-corrected chi connectivity index (χ1v) is 8.55. The topological polar surface area (TPSA) is 79.7 Å². The summed E-state index contributed by atoms with van der Waals surface area (Å²) in [6.45, 7) is 2.76. The summed E-state index contributed by atoms with van der Waals surface area (Å²) in [7, 11) is 1.59. The van der Waals surface area contributed by atoms with Gasteiger partial charge in [-0.1, -0.05) is 0 Å². The van der Waals surface area contributed by atoms with Gasteiger partial charge in [0.15, 0.2) is 0 Å². The van der Waals surface area contributed by atoms with Gasteiger partial charge >= 0.3 is 5.97 Å². The third kappa shape index (κ3) is 3.96. The van der Waals surface area contributed by atoms with Gasteiger partial charge in [-0.05, 0) is 6.92 Å². The molecule has 8 heteroatoms. The van der Waals surface area contributed by atoms with E-state index in [-0.39, 0.29) is 18.4 Å². The Morgan fingerprint density at radius 3 is 2.95 bits per heavy atom. The molecule has 1 atom stereocenters. The number of carboxylic acids is 1. The summed E-state index contributed by atoms with van der Waals surface area (Å²) in [5.74, 6) is 0.520. The van der Waals surface area contributed by atoms with Crippen LogP contribution in [0.1, 0.15) is 26.8 Å². The third-order valence-electron chi connectivity index (χ3n) is 3.20. The number of carbonyl (C=O) groups is 2. The number of thioether (sulfide) groups is 1. The maximum atomic E-state index is 12.7. The summed E-state index contributed by atoms with van der Waals surface area (Å²) in [5.41, 5.74) is 0.685. The lowest BCUT2D eigenvalue weighted by molar-refractivity contribution is -0.138. The number of methoxy groups -OCH3 is 1. The van der Waals surface area contributed by atoms with Gasteiger partial charge in [-0.3, -0.25) is 9.59 Å². The largest absolute Gasteiger partial charge is 0.481 e. The molecule has 1 aromatic rings. The van der Waals surface area contributed by atoms with Crippen molar-refractivity contribution in [3.05, 3.63) is 15.6 Å². The second kappa shape index (κ2) is 7.24. The first kappa shape index (κ1) is 16.3. The van der Waals surface area contributed by atoms with E-state index in [0.717, 1.165) is 10.8 Å². The van der Waals surface area contributed by atoms with Crippen LogP contribution in [0.15, 0.2) is 0 Å². The Balaban J connectivity index is 2.18. The maximum Gasteiger partial charge on any atom is 0.305 e. The molecule has 0 saturated carbocycles. The minimum atomic E-state index is -0.874. The van der Waals surface area contributed by atoms with Crippen LogP contribution in [0, 0.1) is 6.92 Å². The smallest absolute Gasteiger partial charge is 0.305 e. The van der Waals surface area contributed by atoms with Crippen molar-refractivity contribution >= 4 is 35.0 Å². The van der Waals surface area contributed by atoms with Crippen molar-refractivity contribution in [2.45, 2.75) is 26.0 Å². The predicted molar refractivity (Wildman–Crippen MR) is 82.0 cm³/mol. The number of thiazole rings is 1. The zero-order valence-electron chi connectivity index (χ0n) is 12.0. The standard InChI is InChI=1S/C13H18N2O4S2/c1-8-12(21-10(14-8)6-19-2)13(18)15-3-4-20-7-9(15)5-11(16)17/h9H,3-7H2,1-2H3,(H,16,17). The van der Waals surface area contributed by atoms with Crippen molar-refractivity contribution in [2.24, 2.45) is 0 Å². The van der Waals surface area contributed by atoms with E-state index < -0.39 is 5.97 Å². The van der Waals surface area contributed by atoms with Gasteiger partial charge in [-0.25, -0.2) is 4.98 Å². The number of hydrogen-bond acceptors (Lipinski definition) is 6. The van der Waals surface area contributed by atoms with Crippen LogP contribution in [0.3, 0.4) is 0 Å². The highest BCUT2D eigenvalue weighted by Gasteiger charge is 2.31. The quantitative estimate of drug-likeness (QED) is 0.884. The Bertz CT molecular complexity index is 532. The van der Waals surface area contributed by atoms with Crippen molar-refractivity contribution in [2.75, 3.05) is 25.2 Å². The van der Waals surface area contributed by atoms with Gasteiger partial charge in [-0.15, -0.1) is 11.3 Å². The van der Waals surface area contributed by atoms with Crippen molar-refractivity contribution in [3.8, 4) is 0 Å². The third-order valence-corrected chi connectivity index (χ3v) is 5.41. The maximum absolute atomic E-state index is 12.7. The molecule has 1 fully saturated rings. The van der Waals surface area contributed by atoms with Gasteiger partial charge in [0.1, 0.15) is 9.88 Å². The first-order chi connectivity index (χ1) is 10.0. The molecular weight excluding hydrogens is 312 g/mol. The lowest BCUT2D eigenvalue weighted by Gasteiger charge is -2.34. The molecule has 0 aromatic carbocycles. The van der Waals surface area contributed by atoms with Crippen LogP contribution >= 0.6 is 23.1 Å². The molecule has 0 bridgehead atoms. The number of amides is 1. The Kier molecular flexibility index (Phi) is 5.60. The average molecular weight is 330 g/mol. The molecule has 1 aliphatic heterocycles. The molecule has 1 N–H and O–H groups in total. The highest BCUT2D eigenvalue weighted by Crippen LogP contribution is 2.26. The molecule has 1 aromatic heterocycles. The number of hydrogen-bond donors (Lipinski definition) is 1. The SMILES string of the molecule is COCc1nc(C)c(C(=O)N2CCSCC2CC(=O)O)s1. The van der Waals surface area contributed by atoms with Crippen molar-refractivity contribution in [1.29, 1.82) is 0 Å². The number of rotatable bonds is 5. The summed E-state index contributed by atoms with van der Waals surface area (Å²) in [6.07, 6.45) is -0.0124.